The summed E-state index contributed by atoms with van der Waals surface area (Å²) in [4.78, 5) is 11.4. The third-order valence-corrected chi connectivity index (χ3v) is 3.03. The molecule has 1 amide bonds. The molecule has 1 aliphatic heterocycles. The van der Waals surface area contributed by atoms with Crippen LogP contribution < -0.4 is 10.6 Å². The first-order valence-corrected chi connectivity index (χ1v) is 5.75. The Bertz CT molecular complexity index is 191. The summed E-state index contributed by atoms with van der Waals surface area (Å²) in [5.74, 6) is 0.760. The second kappa shape index (κ2) is 6.80. The zero-order chi connectivity index (χ0) is 11.1. The molecule has 4 nitrogen and oxygen atoms in total. The summed E-state index contributed by atoms with van der Waals surface area (Å²) in [5, 5.41) is 6.23. The Kier molecular flexibility index (Phi) is 5.65. The van der Waals surface area contributed by atoms with E-state index in [-0.39, 0.29) is 12.0 Å². The van der Waals surface area contributed by atoms with Crippen molar-refractivity contribution in [2.75, 3.05) is 26.7 Å². The van der Waals surface area contributed by atoms with E-state index in [1.165, 1.54) is 12.8 Å². The Morgan fingerprint density at radius 3 is 2.80 bits per heavy atom. The van der Waals surface area contributed by atoms with E-state index in [1.807, 2.05) is 0 Å². The van der Waals surface area contributed by atoms with Crippen LogP contribution in [0.4, 0.5) is 0 Å². The number of amides is 1. The highest BCUT2D eigenvalue weighted by molar-refractivity contribution is 5.80. The van der Waals surface area contributed by atoms with Crippen molar-refractivity contribution in [3.05, 3.63) is 0 Å². The number of methoxy groups -OCH3 is 1. The van der Waals surface area contributed by atoms with E-state index in [0.29, 0.717) is 0 Å². The van der Waals surface area contributed by atoms with Gasteiger partial charge in [-0.25, -0.2) is 0 Å². The van der Waals surface area contributed by atoms with Crippen molar-refractivity contribution >= 4 is 5.91 Å². The molecule has 0 spiro atoms. The largest absolute Gasteiger partial charge is 0.372 e. The lowest BCUT2D eigenvalue weighted by Crippen LogP contribution is -2.36. The van der Waals surface area contributed by atoms with E-state index in [2.05, 4.69) is 10.6 Å². The van der Waals surface area contributed by atoms with Crippen LogP contribution in [0.3, 0.4) is 0 Å². The van der Waals surface area contributed by atoms with Crippen molar-refractivity contribution in [1.29, 1.82) is 0 Å². The van der Waals surface area contributed by atoms with Crippen molar-refractivity contribution in [2.24, 2.45) is 5.92 Å². The fourth-order valence-corrected chi connectivity index (χ4v) is 1.82. The predicted molar refractivity (Wildman–Crippen MR) is 59.7 cm³/mol. The van der Waals surface area contributed by atoms with Crippen LogP contribution in [0, 0.1) is 5.92 Å². The Morgan fingerprint density at radius 1 is 1.53 bits per heavy atom. The fourth-order valence-electron chi connectivity index (χ4n) is 1.82. The van der Waals surface area contributed by atoms with Crippen LogP contribution in [0.5, 0.6) is 0 Å². The van der Waals surface area contributed by atoms with Crippen molar-refractivity contribution < 1.29 is 9.53 Å². The molecule has 1 heterocycles. The summed E-state index contributed by atoms with van der Waals surface area (Å²) >= 11 is 0. The van der Waals surface area contributed by atoms with Gasteiger partial charge in [0.25, 0.3) is 0 Å². The van der Waals surface area contributed by atoms with E-state index in [4.69, 9.17) is 4.74 Å². The summed E-state index contributed by atoms with van der Waals surface area (Å²) in [6.45, 7) is 4.78. The smallest absolute Gasteiger partial charge is 0.248 e. The van der Waals surface area contributed by atoms with Gasteiger partial charge in [0, 0.05) is 13.7 Å². The highest BCUT2D eigenvalue weighted by atomic mass is 16.5. The van der Waals surface area contributed by atoms with Gasteiger partial charge in [-0.3, -0.25) is 4.79 Å². The Labute approximate surface area is 91.8 Å². The second-order valence-electron chi connectivity index (χ2n) is 4.15. The van der Waals surface area contributed by atoms with Gasteiger partial charge in [0.05, 0.1) is 0 Å². The van der Waals surface area contributed by atoms with Crippen LogP contribution in [-0.4, -0.2) is 38.8 Å². The Hall–Kier alpha value is -0.610. The maximum absolute atomic E-state index is 11.4. The summed E-state index contributed by atoms with van der Waals surface area (Å²) in [6.07, 6.45) is 3.22. The Morgan fingerprint density at radius 2 is 2.20 bits per heavy atom. The van der Waals surface area contributed by atoms with Gasteiger partial charge in [0.1, 0.15) is 6.10 Å². The minimum atomic E-state index is -0.335. The van der Waals surface area contributed by atoms with Crippen LogP contribution in [0.25, 0.3) is 0 Å². The van der Waals surface area contributed by atoms with E-state index in [0.717, 1.165) is 32.0 Å². The molecule has 0 aromatic carbocycles. The molecule has 0 radical (unpaired) electrons. The quantitative estimate of drug-likeness (QED) is 0.702. The molecule has 2 N–H and O–H groups in total. The van der Waals surface area contributed by atoms with Crippen LogP contribution in [0.2, 0.25) is 0 Å². The van der Waals surface area contributed by atoms with E-state index in [9.17, 15) is 4.79 Å². The summed E-state index contributed by atoms with van der Waals surface area (Å²) in [6, 6.07) is 0. The maximum Gasteiger partial charge on any atom is 0.248 e. The first kappa shape index (κ1) is 12.5. The zero-order valence-corrected chi connectivity index (χ0v) is 9.71. The molecular formula is C11H22N2O2. The highest BCUT2D eigenvalue weighted by Gasteiger charge is 2.14. The van der Waals surface area contributed by atoms with Crippen LogP contribution >= 0.6 is 0 Å². The lowest BCUT2D eigenvalue weighted by atomic mass is 9.95. The molecule has 0 bridgehead atoms. The molecule has 15 heavy (non-hydrogen) atoms. The first-order valence-electron chi connectivity index (χ1n) is 5.75. The van der Waals surface area contributed by atoms with Gasteiger partial charge in [-0.15, -0.1) is 0 Å². The number of hydrogen-bond donors (Lipinski definition) is 2. The number of piperidine rings is 1. The van der Waals surface area contributed by atoms with E-state index in [1.54, 1.807) is 14.0 Å². The topological polar surface area (TPSA) is 50.4 Å². The number of rotatable bonds is 5. The lowest BCUT2D eigenvalue weighted by molar-refractivity contribution is -0.130. The molecule has 0 aromatic rings. The average Bonchev–Trinajstić information content (AvgIpc) is 2.29. The van der Waals surface area contributed by atoms with Gasteiger partial charge in [-0.1, -0.05) is 0 Å². The summed E-state index contributed by atoms with van der Waals surface area (Å²) in [7, 11) is 1.55. The molecule has 88 valence electrons. The van der Waals surface area contributed by atoms with E-state index < -0.39 is 0 Å². The number of hydrogen-bond acceptors (Lipinski definition) is 3. The van der Waals surface area contributed by atoms with Crippen molar-refractivity contribution in [2.45, 2.75) is 32.3 Å². The first-order chi connectivity index (χ1) is 7.24. The zero-order valence-electron chi connectivity index (χ0n) is 9.71. The standard InChI is InChI=1S/C11H22N2O2/c1-9(15-2)11(14)13-8-5-10-3-6-12-7-4-10/h9-10,12H,3-8H2,1-2H3,(H,13,14). The van der Waals surface area contributed by atoms with Crippen LogP contribution in [0.1, 0.15) is 26.2 Å². The molecule has 1 unspecified atom stereocenters. The SMILES string of the molecule is COC(C)C(=O)NCCC1CCNCC1. The third-order valence-electron chi connectivity index (χ3n) is 3.03. The molecule has 1 atom stereocenters. The monoisotopic (exact) mass is 214 g/mol. The van der Waals surface area contributed by atoms with Crippen LogP contribution in [0.15, 0.2) is 0 Å². The average molecular weight is 214 g/mol. The van der Waals surface area contributed by atoms with Gasteiger partial charge in [-0.05, 0) is 45.2 Å². The molecule has 0 aromatic heterocycles. The summed E-state index contributed by atoms with van der Waals surface area (Å²) in [5.41, 5.74) is 0. The number of carbonyl (C=O) groups is 1. The van der Waals surface area contributed by atoms with E-state index >= 15 is 0 Å². The Balaban J connectivity index is 2.07. The van der Waals surface area contributed by atoms with Gasteiger partial charge >= 0.3 is 0 Å². The highest BCUT2D eigenvalue weighted by Crippen LogP contribution is 2.14. The molecule has 1 rings (SSSR count). The van der Waals surface area contributed by atoms with Crippen molar-refractivity contribution in [1.82, 2.24) is 10.6 Å². The molecule has 0 aliphatic carbocycles. The normalized spacial score (nSPS) is 19.9. The van der Waals surface area contributed by atoms with Crippen molar-refractivity contribution in [3.63, 3.8) is 0 Å². The second-order valence-corrected chi connectivity index (χ2v) is 4.15. The van der Waals surface area contributed by atoms with Crippen LogP contribution in [-0.2, 0) is 9.53 Å². The fraction of sp³-hybridized carbons (Fsp3) is 0.909. The van der Waals surface area contributed by atoms with Crippen molar-refractivity contribution in [3.8, 4) is 0 Å². The van der Waals surface area contributed by atoms with Gasteiger partial charge < -0.3 is 15.4 Å². The summed E-state index contributed by atoms with van der Waals surface area (Å²) < 4.78 is 4.93. The minimum Gasteiger partial charge on any atom is -0.372 e. The molecule has 1 fully saturated rings. The van der Waals surface area contributed by atoms with Gasteiger partial charge in [0.15, 0.2) is 0 Å². The molecule has 1 saturated heterocycles. The molecular weight excluding hydrogens is 192 g/mol. The van der Waals surface area contributed by atoms with Gasteiger partial charge in [-0.2, -0.15) is 0 Å². The predicted octanol–water partition coefficient (Wildman–Crippen LogP) is 0.527. The lowest BCUT2D eigenvalue weighted by Gasteiger charge is -2.22. The molecule has 1 aliphatic rings. The third kappa shape index (κ3) is 4.62. The molecule has 4 heteroatoms. The number of ether oxygens (including phenoxy) is 1. The maximum atomic E-state index is 11.4. The molecule has 0 saturated carbocycles. The number of carbonyl (C=O) groups excluding carboxylic acids is 1. The van der Waals surface area contributed by atoms with Gasteiger partial charge in [0.2, 0.25) is 5.91 Å². The number of nitrogens with one attached hydrogen (secondary N) is 2. The minimum absolute atomic E-state index is 0.00793.